The fourth-order valence-corrected chi connectivity index (χ4v) is 1.46. The van der Waals surface area contributed by atoms with Crippen molar-refractivity contribution in [3.05, 3.63) is 34.1 Å². The third-order valence-corrected chi connectivity index (χ3v) is 2.23. The number of fused-ring (bicyclic) bond motifs is 1. The predicted molar refractivity (Wildman–Crippen MR) is 50.2 cm³/mol. The van der Waals surface area contributed by atoms with Gasteiger partial charge in [-0.05, 0) is 6.42 Å². The Labute approximate surface area is 87.7 Å². The van der Waals surface area contributed by atoms with E-state index in [1.54, 1.807) is 6.92 Å². The van der Waals surface area contributed by atoms with E-state index in [1.165, 1.54) is 6.07 Å². The minimum absolute atomic E-state index is 0.00734. The lowest BCUT2D eigenvalue weighted by Gasteiger charge is -2.05. The van der Waals surface area contributed by atoms with Gasteiger partial charge >= 0.3 is 11.9 Å². The Kier molecular flexibility index (Phi) is 2.25. The Bertz CT molecular complexity index is 582. The highest BCUT2D eigenvalue weighted by Crippen LogP contribution is 2.28. The first kappa shape index (κ1) is 10.7. The molecule has 0 saturated carbocycles. The van der Waals surface area contributed by atoms with Crippen molar-refractivity contribution in [2.45, 2.75) is 19.5 Å². The lowest BCUT2D eigenvalue weighted by molar-refractivity contribution is -0.142. The van der Waals surface area contributed by atoms with Crippen LogP contribution in [-0.4, -0.2) is 14.4 Å². The van der Waals surface area contributed by atoms with Gasteiger partial charge in [0.05, 0.1) is 6.20 Å². The molecule has 2 rings (SSSR count). The topological polar surface area (TPSA) is 50.2 Å². The van der Waals surface area contributed by atoms with Crippen LogP contribution in [0.4, 0.5) is 13.2 Å². The summed E-state index contributed by atoms with van der Waals surface area (Å²) in [5.74, 6) is 0. The van der Waals surface area contributed by atoms with Crippen molar-refractivity contribution in [3.63, 3.8) is 0 Å². The van der Waals surface area contributed by atoms with Crippen molar-refractivity contribution in [2.75, 3.05) is 0 Å². The summed E-state index contributed by atoms with van der Waals surface area (Å²) in [4.78, 5) is 17.4. The first-order chi connectivity index (χ1) is 7.43. The van der Waals surface area contributed by atoms with Gasteiger partial charge in [-0.15, -0.1) is 0 Å². The molecule has 2 heterocycles. The van der Waals surface area contributed by atoms with E-state index in [2.05, 4.69) is 9.97 Å². The van der Waals surface area contributed by atoms with Crippen molar-refractivity contribution >= 4 is 5.65 Å². The molecule has 0 aliphatic rings. The number of rotatable bonds is 1. The number of aryl methyl sites for hydroxylation is 1. The van der Waals surface area contributed by atoms with E-state index < -0.39 is 17.6 Å². The molecule has 16 heavy (non-hydrogen) atoms. The van der Waals surface area contributed by atoms with Gasteiger partial charge in [0.15, 0.2) is 5.69 Å². The average molecular weight is 231 g/mol. The van der Waals surface area contributed by atoms with Gasteiger partial charge in [-0.2, -0.15) is 13.2 Å². The highest BCUT2D eigenvalue weighted by Gasteiger charge is 2.35. The number of aromatic nitrogens is 3. The van der Waals surface area contributed by atoms with Gasteiger partial charge in [0.2, 0.25) is 0 Å². The van der Waals surface area contributed by atoms with Crippen LogP contribution in [-0.2, 0) is 12.6 Å². The SMILES string of the molecule is CCc1cc2ncc(C(F)(F)F)n2c(=O)[nH]1. The van der Waals surface area contributed by atoms with Crippen molar-refractivity contribution in [3.8, 4) is 0 Å². The van der Waals surface area contributed by atoms with E-state index >= 15 is 0 Å². The monoisotopic (exact) mass is 231 g/mol. The number of halogens is 3. The summed E-state index contributed by atoms with van der Waals surface area (Å²) in [7, 11) is 0. The van der Waals surface area contributed by atoms with Crippen LogP contribution in [0, 0.1) is 0 Å². The summed E-state index contributed by atoms with van der Waals surface area (Å²) in [5.41, 5.74) is -1.32. The van der Waals surface area contributed by atoms with E-state index in [4.69, 9.17) is 0 Å². The zero-order valence-corrected chi connectivity index (χ0v) is 8.30. The van der Waals surface area contributed by atoms with E-state index in [-0.39, 0.29) is 5.65 Å². The number of nitrogens with one attached hydrogen (secondary N) is 1. The molecular weight excluding hydrogens is 223 g/mol. The van der Waals surface area contributed by atoms with Gasteiger partial charge in [0.25, 0.3) is 0 Å². The number of hydrogen-bond donors (Lipinski definition) is 1. The summed E-state index contributed by atoms with van der Waals surface area (Å²) < 4.78 is 38.0. The second-order valence-corrected chi connectivity index (χ2v) is 3.29. The Balaban J connectivity index is 2.79. The van der Waals surface area contributed by atoms with Crippen LogP contribution in [0.3, 0.4) is 0 Å². The largest absolute Gasteiger partial charge is 0.433 e. The average Bonchev–Trinajstić information content (AvgIpc) is 2.60. The minimum atomic E-state index is -4.58. The van der Waals surface area contributed by atoms with Crippen LogP contribution in [0.15, 0.2) is 17.1 Å². The third-order valence-electron chi connectivity index (χ3n) is 2.23. The highest BCUT2D eigenvalue weighted by molar-refractivity contribution is 5.41. The van der Waals surface area contributed by atoms with Gasteiger partial charge in [-0.25, -0.2) is 14.2 Å². The molecule has 0 aliphatic heterocycles. The Morgan fingerprint density at radius 1 is 1.50 bits per heavy atom. The first-order valence-electron chi connectivity index (χ1n) is 4.60. The number of nitrogens with zero attached hydrogens (tertiary/aromatic N) is 2. The van der Waals surface area contributed by atoms with Gasteiger partial charge in [0.1, 0.15) is 5.65 Å². The molecule has 0 aliphatic carbocycles. The van der Waals surface area contributed by atoms with E-state index in [0.29, 0.717) is 22.7 Å². The predicted octanol–water partition coefficient (Wildman–Crippen LogP) is 1.60. The second kappa shape index (κ2) is 3.36. The summed E-state index contributed by atoms with van der Waals surface area (Å²) >= 11 is 0. The van der Waals surface area contributed by atoms with Crippen LogP contribution in [0.2, 0.25) is 0 Å². The maximum absolute atomic E-state index is 12.5. The van der Waals surface area contributed by atoms with Crippen LogP contribution in [0.5, 0.6) is 0 Å². The summed E-state index contributed by atoms with van der Waals surface area (Å²) in [6.45, 7) is 1.79. The van der Waals surface area contributed by atoms with Crippen LogP contribution >= 0.6 is 0 Å². The molecule has 7 heteroatoms. The van der Waals surface area contributed by atoms with Crippen LogP contribution < -0.4 is 5.69 Å². The number of aromatic amines is 1. The highest BCUT2D eigenvalue weighted by atomic mass is 19.4. The molecule has 86 valence electrons. The third kappa shape index (κ3) is 1.58. The number of hydrogen-bond acceptors (Lipinski definition) is 2. The zero-order chi connectivity index (χ0) is 11.9. The first-order valence-corrected chi connectivity index (χ1v) is 4.60. The van der Waals surface area contributed by atoms with Crippen molar-refractivity contribution in [2.24, 2.45) is 0 Å². The molecule has 2 aromatic heterocycles. The second-order valence-electron chi connectivity index (χ2n) is 3.29. The molecule has 0 spiro atoms. The smallest absolute Gasteiger partial charge is 0.311 e. The van der Waals surface area contributed by atoms with Gasteiger partial charge < -0.3 is 4.98 Å². The Morgan fingerprint density at radius 3 is 2.75 bits per heavy atom. The number of imidazole rings is 1. The van der Waals surface area contributed by atoms with Crippen molar-refractivity contribution in [1.82, 2.24) is 14.4 Å². The maximum Gasteiger partial charge on any atom is 0.433 e. The van der Waals surface area contributed by atoms with E-state index in [1.807, 2.05) is 0 Å². The molecule has 0 aromatic carbocycles. The molecule has 0 radical (unpaired) electrons. The summed E-state index contributed by atoms with van der Waals surface area (Å²) in [5, 5.41) is 0. The fourth-order valence-electron chi connectivity index (χ4n) is 1.46. The molecule has 1 N–H and O–H groups in total. The molecule has 4 nitrogen and oxygen atoms in total. The molecule has 0 saturated heterocycles. The quantitative estimate of drug-likeness (QED) is 0.810. The van der Waals surface area contributed by atoms with E-state index in [0.717, 1.165) is 0 Å². The number of alkyl halides is 3. The molecule has 0 bridgehead atoms. The number of H-pyrrole nitrogens is 1. The summed E-state index contributed by atoms with van der Waals surface area (Å²) in [6, 6.07) is 1.43. The van der Waals surface area contributed by atoms with Crippen LogP contribution in [0.25, 0.3) is 5.65 Å². The normalized spacial score (nSPS) is 12.2. The lowest BCUT2D eigenvalue weighted by Crippen LogP contribution is -2.23. The fraction of sp³-hybridized carbons (Fsp3) is 0.333. The lowest BCUT2D eigenvalue weighted by atomic mass is 10.3. The Morgan fingerprint density at radius 2 is 2.19 bits per heavy atom. The van der Waals surface area contributed by atoms with Crippen molar-refractivity contribution < 1.29 is 13.2 Å². The molecule has 0 fully saturated rings. The van der Waals surface area contributed by atoms with Gasteiger partial charge in [-0.3, -0.25) is 0 Å². The molecule has 0 unspecified atom stereocenters. The molecule has 0 amide bonds. The molecular formula is C9H8F3N3O. The van der Waals surface area contributed by atoms with Crippen molar-refractivity contribution in [1.29, 1.82) is 0 Å². The zero-order valence-electron chi connectivity index (χ0n) is 8.30. The Hall–Kier alpha value is -1.79. The van der Waals surface area contributed by atoms with E-state index in [9.17, 15) is 18.0 Å². The summed E-state index contributed by atoms with van der Waals surface area (Å²) in [6.07, 6.45) is -3.40. The molecule has 2 aromatic rings. The van der Waals surface area contributed by atoms with Crippen LogP contribution in [0.1, 0.15) is 18.3 Å². The standard InChI is InChI=1S/C9H8F3N3O/c1-2-5-3-7-13-4-6(9(10,11)12)15(7)8(16)14-5/h3-4H,2H2,1H3,(H,14,16). The van der Waals surface area contributed by atoms with Gasteiger partial charge in [-0.1, -0.05) is 6.92 Å². The maximum atomic E-state index is 12.5. The molecule has 0 atom stereocenters. The van der Waals surface area contributed by atoms with Gasteiger partial charge in [0, 0.05) is 11.8 Å². The minimum Gasteiger partial charge on any atom is -0.311 e.